The third kappa shape index (κ3) is 6.70. The highest BCUT2D eigenvalue weighted by Gasteiger charge is 2.16. The molecule has 1 amide bonds. The van der Waals surface area contributed by atoms with E-state index in [4.69, 9.17) is 0 Å². The maximum absolute atomic E-state index is 11.6. The Labute approximate surface area is 107 Å². The molecule has 0 atom stereocenters. The molecule has 0 unspecified atom stereocenters. The minimum absolute atomic E-state index is 0.388. The first kappa shape index (κ1) is 14.5. The number of carbonyl (C=O) groups is 1. The predicted molar refractivity (Wildman–Crippen MR) is 73.0 cm³/mol. The second-order valence-electron chi connectivity index (χ2n) is 5.31. The number of unbranched alkanes of at least 4 members (excludes halogenated alkanes) is 7. The summed E-state index contributed by atoms with van der Waals surface area (Å²) in [5, 5.41) is 0. The van der Waals surface area contributed by atoms with Crippen molar-refractivity contribution < 1.29 is 4.79 Å². The molecule has 1 saturated heterocycles. The van der Waals surface area contributed by atoms with Crippen molar-refractivity contribution in [3.05, 3.63) is 0 Å². The van der Waals surface area contributed by atoms with Crippen LogP contribution in [-0.4, -0.2) is 23.9 Å². The van der Waals surface area contributed by atoms with E-state index in [1.807, 2.05) is 0 Å². The molecule has 0 spiro atoms. The summed E-state index contributed by atoms with van der Waals surface area (Å²) < 4.78 is 0. The quantitative estimate of drug-likeness (QED) is 0.554. The van der Waals surface area contributed by atoms with Crippen molar-refractivity contribution in [2.45, 2.75) is 77.6 Å². The Morgan fingerprint density at radius 1 is 0.941 bits per heavy atom. The van der Waals surface area contributed by atoms with Gasteiger partial charge in [0.2, 0.25) is 5.91 Å². The molecule has 2 heteroatoms. The summed E-state index contributed by atoms with van der Waals surface area (Å²) in [5.74, 6) is 0.388. The summed E-state index contributed by atoms with van der Waals surface area (Å²) in [7, 11) is 0. The lowest BCUT2D eigenvalue weighted by atomic mass is 10.1. The molecule has 2 nitrogen and oxygen atoms in total. The molecule has 1 aliphatic rings. The van der Waals surface area contributed by atoms with Crippen LogP contribution in [0.5, 0.6) is 0 Å². The van der Waals surface area contributed by atoms with Crippen LogP contribution in [0.15, 0.2) is 0 Å². The van der Waals surface area contributed by atoms with Gasteiger partial charge in [0.05, 0.1) is 0 Å². The molecule has 1 aliphatic heterocycles. The number of amides is 1. The molecule has 0 aromatic heterocycles. The Bertz CT molecular complexity index is 203. The highest BCUT2D eigenvalue weighted by Crippen LogP contribution is 2.13. The maximum atomic E-state index is 11.6. The van der Waals surface area contributed by atoms with Gasteiger partial charge in [0.1, 0.15) is 0 Å². The number of nitrogens with zero attached hydrogens (tertiary/aromatic N) is 1. The van der Waals surface area contributed by atoms with E-state index in [2.05, 4.69) is 11.8 Å². The van der Waals surface area contributed by atoms with Gasteiger partial charge in [0.15, 0.2) is 0 Å². The molecule has 0 aliphatic carbocycles. The van der Waals surface area contributed by atoms with Gasteiger partial charge in [-0.25, -0.2) is 0 Å². The zero-order chi connectivity index (χ0) is 12.3. The third-order valence-corrected chi connectivity index (χ3v) is 3.70. The summed E-state index contributed by atoms with van der Waals surface area (Å²) in [6, 6.07) is 0. The summed E-state index contributed by atoms with van der Waals surface area (Å²) >= 11 is 0. The van der Waals surface area contributed by atoms with Crippen molar-refractivity contribution in [3.8, 4) is 0 Å². The van der Waals surface area contributed by atoms with Gasteiger partial charge >= 0.3 is 0 Å². The zero-order valence-corrected chi connectivity index (χ0v) is 11.5. The Hall–Kier alpha value is -0.530. The Balaban J connectivity index is 1.88. The largest absolute Gasteiger partial charge is 0.343 e. The fourth-order valence-corrected chi connectivity index (χ4v) is 2.53. The molecular weight excluding hydrogens is 210 g/mol. The predicted octanol–water partition coefficient (Wildman–Crippen LogP) is 4.14. The summed E-state index contributed by atoms with van der Waals surface area (Å²) in [4.78, 5) is 13.6. The highest BCUT2D eigenvalue weighted by molar-refractivity contribution is 5.76. The lowest BCUT2D eigenvalue weighted by molar-refractivity contribution is -0.133. The van der Waals surface area contributed by atoms with Gasteiger partial charge in [0, 0.05) is 19.5 Å². The summed E-state index contributed by atoms with van der Waals surface area (Å²) in [6.07, 6.45) is 13.9. The van der Waals surface area contributed by atoms with Crippen molar-refractivity contribution in [3.63, 3.8) is 0 Å². The van der Waals surface area contributed by atoms with E-state index >= 15 is 0 Å². The molecule has 1 fully saturated rings. The van der Waals surface area contributed by atoms with Crippen LogP contribution in [0, 0.1) is 0 Å². The van der Waals surface area contributed by atoms with Gasteiger partial charge in [0.25, 0.3) is 0 Å². The van der Waals surface area contributed by atoms with Crippen LogP contribution < -0.4 is 0 Å². The topological polar surface area (TPSA) is 20.3 Å². The van der Waals surface area contributed by atoms with Gasteiger partial charge in [-0.15, -0.1) is 0 Å². The van der Waals surface area contributed by atoms with Gasteiger partial charge in [-0.05, 0) is 19.3 Å². The van der Waals surface area contributed by atoms with Crippen LogP contribution in [-0.2, 0) is 4.79 Å². The fourth-order valence-electron chi connectivity index (χ4n) is 2.53. The van der Waals surface area contributed by atoms with Crippen LogP contribution in [0.25, 0.3) is 0 Å². The van der Waals surface area contributed by atoms with Crippen molar-refractivity contribution in [1.29, 1.82) is 0 Å². The normalized spacial score (nSPS) is 16.5. The van der Waals surface area contributed by atoms with Gasteiger partial charge in [-0.3, -0.25) is 4.79 Å². The number of hydrogen-bond donors (Lipinski definition) is 0. The minimum atomic E-state index is 0.388. The van der Waals surface area contributed by atoms with E-state index in [-0.39, 0.29) is 0 Å². The molecule has 100 valence electrons. The van der Waals surface area contributed by atoms with Gasteiger partial charge in [-0.1, -0.05) is 51.9 Å². The van der Waals surface area contributed by atoms with Crippen LogP contribution in [0.3, 0.4) is 0 Å². The molecule has 1 rings (SSSR count). The molecule has 0 N–H and O–H groups in total. The summed E-state index contributed by atoms with van der Waals surface area (Å²) in [6.45, 7) is 4.28. The molecule has 0 aromatic rings. The Morgan fingerprint density at radius 2 is 1.59 bits per heavy atom. The lowest BCUT2D eigenvalue weighted by Gasteiger charge is -2.26. The van der Waals surface area contributed by atoms with E-state index in [0.717, 1.165) is 25.9 Å². The third-order valence-electron chi connectivity index (χ3n) is 3.70. The summed E-state index contributed by atoms with van der Waals surface area (Å²) in [5.41, 5.74) is 0. The number of hydrogen-bond acceptors (Lipinski definition) is 1. The van der Waals surface area contributed by atoms with E-state index in [0.29, 0.717) is 5.91 Å². The molecule has 0 bridgehead atoms. The second kappa shape index (κ2) is 9.49. The molecule has 0 aromatic carbocycles. The Morgan fingerprint density at radius 3 is 2.24 bits per heavy atom. The average Bonchev–Trinajstić information content (AvgIpc) is 2.35. The first-order chi connectivity index (χ1) is 8.34. The first-order valence-electron chi connectivity index (χ1n) is 7.62. The molecule has 17 heavy (non-hydrogen) atoms. The molecular formula is C15H29NO. The second-order valence-corrected chi connectivity index (χ2v) is 5.31. The molecule has 1 heterocycles. The standard InChI is InChI=1S/C15H29NO/c1-2-3-4-5-6-7-8-10-13-16-14-11-9-12-15(16)17/h2-14H2,1H3. The number of piperidine rings is 1. The fraction of sp³-hybridized carbons (Fsp3) is 0.933. The van der Waals surface area contributed by atoms with Crippen molar-refractivity contribution >= 4 is 5.91 Å². The van der Waals surface area contributed by atoms with Crippen molar-refractivity contribution in [2.24, 2.45) is 0 Å². The van der Waals surface area contributed by atoms with E-state index in [9.17, 15) is 4.79 Å². The highest BCUT2D eigenvalue weighted by atomic mass is 16.2. The SMILES string of the molecule is CCCCCCCCCCN1CCCCC1=O. The number of carbonyl (C=O) groups excluding carboxylic acids is 1. The van der Waals surface area contributed by atoms with Crippen molar-refractivity contribution in [2.75, 3.05) is 13.1 Å². The van der Waals surface area contributed by atoms with Gasteiger partial charge in [-0.2, -0.15) is 0 Å². The Kier molecular flexibility index (Phi) is 8.12. The van der Waals surface area contributed by atoms with E-state index < -0.39 is 0 Å². The first-order valence-corrected chi connectivity index (χ1v) is 7.62. The number of likely N-dealkylation sites (tertiary alicyclic amines) is 1. The zero-order valence-electron chi connectivity index (χ0n) is 11.5. The van der Waals surface area contributed by atoms with Crippen LogP contribution in [0.1, 0.15) is 77.6 Å². The van der Waals surface area contributed by atoms with Gasteiger partial charge < -0.3 is 4.90 Å². The number of rotatable bonds is 9. The smallest absolute Gasteiger partial charge is 0.222 e. The van der Waals surface area contributed by atoms with Crippen LogP contribution in [0.4, 0.5) is 0 Å². The average molecular weight is 239 g/mol. The molecule has 0 saturated carbocycles. The van der Waals surface area contributed by atoms with E-state index in [1.54, 1.807) is 0 Å². The van der Waals surface area contributed by atoms with Crippen LogP contribution in [0.2, 0.25) is 0 Å². The minimum Gasteiger partial charge on any atom is -0.343 e. The lowest BCUT2D eigenvalue weighted by Crippen LogP contribution is -2.35. The van der Waals surface area contributed by atoms with E-state index in [1.165, 1.54) is 57.8 Å². The maximum Gasteiger partial charge on any atom is 0.222 e. The molecule has 0 radical (unpaired) electrons. The van der Waals surface area contributed by atoms with Crippen LogP contribution >= 0.6 is 0 Å². The van der Waals surface area contributed by atoms with Crippen molar-refractivity contribution in [1.82, 2.24) is 4.90 Å². The monoisotopic (exact) mass is 239 g/mol.